The first-order chi connectivity index (χ1) is 41.3. The normalized spacial score (nSPS) is 11.7. The van der Waals surface area contributed by atoms with Crippen LogP contribution in [0.5, 0.6) is 0 Å². The molecule has 0 aliphatic rings. The Balaban J connectivity index is -0.0000198. The van der Waals surface area contributed by atoms with E-state index in [4.69, 9.17) is 30.2 Å². The van der Waals surface area contributed by atoms with Crippen molar-refractivity contribution in [3.05, 3.63) is 59.7 Å². The molecule has 2 aromatic rings. The SMILES string of the molecule is NC(=O)C(CCCCNC(=S)Nc1ccc(C[C@@H](CN(CCN(CC(=O)O)CC(=O)O)CC(=O)O)N(CC(=O)O)CC(=O)O)cc1)NC(=O)CNC(=S)Nc1ccc(C[C@@H](CN(CCN(CC(=O)O)CC(=O)O)CC(=O)O)N(CC(=O)O)CC(=O)O)cc1.O.O.[Gd+3].[Gd+3]. The molecule has 40 heteroatoms. The number of carboxylic acid groups (broad SMARTS) is 10. The van der Waals surface area contributed by atoms with Gasteiger partial charge in [-0.25, -0.2) is 0 Å². The number of nitrogens with one attached hydrogen (secondary N) is 5. The minimum absolute atomic E-state index is 0. The van der Waals surface area contributed by atoms with Gasteiger partial charge in [0.05, 0.1) is 72.0 Å². The number of hydrogen-bond donors (Lipinski definition) is 16. The van der Waals surface area contributed by atoms with Crippen molar-refractivity contribution in [3.8, 4) is 0 Å². The third-order valence-corrected chi connectivity index (χ3v) is 13.1. The van der Waals surface area contributed by atoms with E-state index < -0.39 is 155 Å². The first-order valence-electron chi connectivity index (χ1n) is 26.8. The number of nitrogens with zero attached hydrogens (tertiary/aromatic N) is 6. The fourth-order valence-electron chi connectivity index (χ4n) is 8.86. The second-order valence-electron chi connectivity index (χ2n) is 20.0. The molecule has 0 spiro atoms. The van der Waals surface area contributed by atoms with Gasteiger partial charge in [-0.1, -0.05) is 24.3 Å². The Morgan fingerprint density at radius 1 is 0.424 bits per heavy atom. The van der Waals surface area contributed by atoms with E-state index in [2.05, 4.69) is 26.6 Å². The molecule has 21 N–H and O–H groups in total. The van der Waals surface area contributed by atoms with Crippen molar-refractivity contribution in [1.29, 1.82) is 0 Å². The van der Waals surface area contributed by atoms with Gasteiger partial charge in [0.2, 0.25) is 11.8 Å². The van der Waals surface area contributed by atoms with Crippen LogP contribution < -0.4 is 32.3 Å². The summed E-state index contributed by atoms with van der Waals surface area (Å²) in [6, 6.07) is 10.0. The van der Waals surface area contributed by atoms with Gasteiger partial charge in [0.15, 0.2) is 10.2 Å². The quantitative estimate of drug-likeness (QED) is 0.0218. The van der Waals surface area contributed by atoms with Crippen molar-refractivity contribution in [2.24, 2.45) is 5.73 Å². The van der Waals surface area contributed by atoms with Gasteiger partial charge in [-0.3, -0.25) is 86.9 Å². The summed E-state index contributed by atoms with van der Waals surface area (Å²) in [6.07, 6.45) is 1.03. The van der Waals surface area contributed by atoms with E-state index in [-0.39, 0.29) is 166 Å². The number of hydrogen-bond acceptors (Lipinski definition) is 20. The van der Waals surface area contributed by atoms with E-state index in [1.165, 1.54) is 9.80 Å². The molecule has 0 aromatic heterocycles. The summed E-state index contributed by atoms with van der Waals surface area (Å²) in [5, 5.41) is 109. The Morgan fingerprint density at radius 2 is 0.717 bits per heavy atom. The zero-order valence-corrected chi connectivity index (χ0v) is 55.4. The summed E-state index contributed by atoms with van der Waals surface area (Å²) < 4.78 is 0. The first-order valence-corrected chi connectivity index (χ1v) is 27.6. The number of carboxylic acids is 10. The maximum absolute atomic E-state index is 12.9. The number of amides is 2. The summed E-state index contributed by atoms with van der Waals surface area (Å²) in [6.45, 7) is -8.07. The number of benzene rings is 2. The van der Waals surface area contributed by atoms with Crippen LogP contribution in [0.25, 0.3) is 0 Å². The zero-order chi connectivity index (χ0) is 66.0. The molecule has 0 aliphatic carbocycles. The van der Waals surface area contributed by atoms with Crippen LogP contribution in [0.1, 0.15) is 30.4 Å². The number of thiocarbonyl (C=S) groups is 2. The van der Waals surface area contributed by atoms with Crippen molar-refractivity contribution < 1.29 is 199 Å². The van der Waals surface area contributed by atoms with E-state index in [1.807, 2.05) is 0 Å². The summed E-state index contributed by atoms with van der Waals surface area (Å²) in [5.41, 5.74) is 7.63. The Labute approximate surface area is 601 Å². The molecular weight excluding hydrogens is 1560 g/mol. The van der Waals surface area contributed by atoms with E-state index in [0.29, 0.717) is 41.9 Å². The molecule has 92 heavy (non-hydrogen) atoms. The summed E-state index contributed by atoms with van der Waals surface area (Å²) in [4.78, 5) is 149. The van der Waals surface area contributed by atoms with Crippen molar-refractivity contribution >= 4 is 118 Å². The van der Waals surface area contributed by atoms with E-state index in [9.17, 15) is 109 Å². The minimum Gasteiger partial charge on any atom is -0.480 e. The van der Waals surface area contributed by atoms with Gasteiger partial charge >= 0.3 is 140 Å². The molecule has 2 aromatic carbocycles. The van der Waals surface area contributed by atoms with Crippen LogP contribution in [0.4, 0.5) is 11.4 Å². The van der Waals surface area contributed by atoms with Crippen molar-refractivity contribution in [2.45, 2.75) is 50.2 Å². The van der Waals surface area contributed by atoms with Crippen LogP contribution in [-0.2, 0) is 70.4 Å². The molecule has 2 radical (unpaired) electrons. The Hall–Kier alpha value is -6.21. The Morgan fingerprint density at radius 3 is 1.02 bits per heavy atom. The fraction of sp³-hybridized carbons (Fsp3) is 0.500. The molecule has 0 aliphatic heterocycles. The van der Waals surface area contributed by atoms with Crippen LogP contribution >= 0.6 is 24.4 Å². The van der Waals surface area contributed by atoms with Gasteiger partial charge in [0, 0.05) is 69.3 Å². The average molecular weight is 1630 g/mol. The summed E-state index contributed by atoms with van der Waals surface area (Å²) >= 11 is 10.8. The van der Waals surface area contributed by atoms with Crippen molar-refractivity contribution in [1.82, 2.24) is 45.3 Å². The molecule has 0 bridgehead atoms. The first kappa shape index (κ1) is 90.0. The van der Waals surface area contributed by atoms with Crippen LogP contribution in [-0.4, -0.2) is 309 Å². The molecule has 0 heterocycles. The molecule has 36 nitrogen and oxygen atoms in total. The zero-order valence-electron chi connectivity index (χ0n) is 49.3. The van der Waals surface area contributed by atoms with Gasteiger partial charge in [0.1, 0.15) is 6.04 Å². The van der Waals surface area contributed by atoms with E-state index in [1.54, 1.807) is 48.5 Å². The predicted molar refractivity (Wildman–Crippen MR) is 324 cm³/mol. The van der Waals surface area contributed by atoms with E-state index >= 15 is 0 Å². The number of aliphatic carboxylic acids is 10. The van der Waals surface area contributed by atoms with Crippen LogP contribution in [0.2, 0.25) is 0 Å². The Kier molecular flexibility index (Phi) is 47.4. The molecule has 0 saturated heterocycles. The van der Waals surface area contributed by atoms with Crippen LogP contribution in [0, 0.1) is 79.9 Å². The summed E-state index contributed by atoms with van der Waals surface area (Å²) in [7, 11) is 0. The van der Waals surface area contributed by atoms with Gasteiger partial charge < -0.3 is 94.3 Å². The van der Waals surface area contributed by atoms with Crippen molar-refractivity contribution in [2.75, 3.05) is 128 Å². The monoisotopic (exact) mass is 1630 g/mol. The van der Waals surface area contributed by atoms with Gasteiger partial charge in [-0.15, -0.1) is 0 Å². The molecule has 512 valence electrons. The van der Waals surface area contributed by atoms with Gasteiger partial charge in [-0.05, 0) is 91.9 Å². The van der Waals surface area contributed by atoms with Crippen molar-refractivity contribution in [3.63, 3.8) is 0 Å². The number of nitrogens with two attached hydrogens (primary N) is 1. The van der Waals surface area contributed by atoms with Gasteiger partial charge in [-0.2, -0.15) is 0 Å². The number of rotatable bonds is 47. The molecule has 1 unspecified atom stereocenters. The molecular formula is C52H78Gd2N12O24S2+6. The van der Waals surface area contributed by atoms with Gasteiger partial charge in [0.25, 0.3) is 0 Å². The minimum atomic E-state index is -1.37. The number of carbonyl (C=O) groups excluding carboxylic acids is 2. The predicted octanol–water partition coefficient (Wildman–Crippen LogP) is -5.07. The molecule has 0 saturated carbocycles. The largest absolute Gasteiger partial charge is 3.00 e. The van der Waals surface area contributed by atoms with E-state index in [0.717, 1.165) is 19.6 Å². The number of anilines is 2. The smallest absolute Gasteiger partial charge is 0.480 e. The third kappa shape index (κ3) is 42.1. The average Bonchev–Trinajstić information content (AvgIpc) is 1.79. The topological polar surface area (TPSA) is 576 Å². The number of primary amides is 1. The molecule has 2 rings (SSSR count). The Bertz CT molecular complexity index is 2700. The molecule has 3 atom stereocenters. The molecule has 2 amide bonds. The fourth-order valence-corrected chi connectivity index (χ4v) is 9.27. The van der Waals surface area contributed by atoms with Crippen LogP contribution in [0.3, 0.4) is 0 Å². The standard InChI is InChI=1S/C52H74N12O22S2.2Gd.2H2O/c53-50(86)38(3-1-2-12-54-51(87)56-34-8-4-32(5-9-34)17-36(63(28-46(78)79)29-47(80)81)20-59(22-40(66)67)13-15-61(24-42(70)71)25-43(72)73)58-39(65)19-55-52(88)57-35-10-6-33(7-11-35)18-37(64(30-48(82)83)31-49(84)85)21-60(23-41(68)69)14-16-62(26-44(74)75)27-45(76)77;;;;/h4-11,36-38H,1-3,12-31H2,(H2,53,86)(H,58,65)(H,66,67)(H,68,69)(H,70,71)(H,72,73)(H,74,75)(H,76,77)(H,78,79)(H,80,81)(H,82,83)(H,84,85)(H2,54,56,87)(H2,55,57,88);;;2*1H2/q;2*+3;;/t36-,37-,38?;;;;/m0..../s1. The second-order valence-corrected chi connectivity index (χ2v) is 20.8. The maximum atomic E-state index is 12.9. The number of carbonyl (C=O) groups is 12. The van der Waals surface area contributed by atoms with Crippen LogP contribution in [0.15, 0.2) is 48.5 Å². The maximum Gasteiger partial charge on any atom is 3.00 e. The molecule has 0 fully saturated rings. The second kappa shape index (κ2) is 48.5. The summed E-state index contributed by atoms with van der Waals surface area (Å²) in [5.74, 6) is -14.8. The number of unbranched alkanes of at least 4 members (excludes halogenated alkanes) is 1. The third-order valence-electron chi connectivity index (χ3n) is 12.6.